The monoisotopic (exact) mass is 304 g/mol. The molecule has 0 spiro atoms. The van der Waals surface area contributed by atoms with E-state index in [2.05, 4.69) is 4.98 Å². The van der Waals surface area contributed by atoms with Crippen molar-refractivity contribution in [3.05, 3.63) is 11.2 Å². The molecule has 1 saturated heterocycles. The van der Waals surface area contributed by atoms with Gasteiger partial charge in [-0.25, -0.2) is 18.2 Å². The van der Waals surface area contributed by atoms with Crippen LogP contribution in [0, 0.1) is 0 Å². The van der Waals surface area contributed by atoms with Crippen LogP contribution in [0.3, 0.4) is 0 Å². The van der Waals surface area contributed by atoms with Gasteiger partial charge in [0.15, 0.2) is 9.90 Å². The van der Waals surface area contributed by atoms with Crippen LogP contribution in [-0.4, -0.2) is 40.9 Å². The Hall–Kier alpha value is -0.990. The van der Waals surface area contributed by atoms with Crippen molar-refractivity contribution in [3.63, 3.8) is 0 Å². The second-order valence-corrected chi connectivity index (χ2v) is 7.65. The van der Waals surface area contributed by atoms with Gasteiger partial charge in [-0.1, -0.05) is 6.42 Å². The Morgan fingerprint density at radius 3 is 2.53 bits per heavy atom. The molecule has 0 bridgehead atoms. The van der Waals surface area contributed by atoms with Gasteiger partial charge < -0.3 is 5.11 Å². The summed E-state index contributed by atoms with van der Waals surface area (Å²) in [6.45, 7) is 3.71. The lowest BCUT2D eigenvalue weighted by molar-refractivity contribution is 0.0686. The normalized spacial score (nSPS) is 25.4. The van der Waals surface area contributed by atoms with E-state index < -0.39 is 16.0 Å². The Morgan fingerprint density at radius 1 is 1.42 bits per heavy atom. The highest BCUT2D eigenvalue weighted by atomic mass is 32.2. The van der Waals surface area contributed by atoms with E-state index in [4.69, 9.17) is 5.11 Å². The van der Waals surface area contributed by atoms with Crippen molar-refractivity contribution >= 4 is 27.3 Å². The summed E-state index contributed by atoms with van der Waals surface area (Å²) >= 11 is 0.861. The number of carbonyl (C=O) groups is 1. The third kappa shape index (κ3) is 2.52. The van der Waals surface area contributed by atoms with Crippen LogP contribution in [0.4, 0.5) is 0 Å². The zero-order chi connectivity index (χ0) is 14.2. The molecular weight excluding hydrogens is 288 g/mol. The topological polar surface area (TPSA) is 87.6 Å². The number of aromatic carboxylic acids is 1. The van der Waals surface area contributed by atoms with Crippen LogP contribution >= 0.6 is 11.3 Å². The number of rotatable bonds is 3. The molecule has 0 radical (unpaired) electrons. The maximum absolute atomic E-state index is 12.6. The van der Waals surface area contributed by atoms with Crippen molar-refractivity contribution in [1.29, 1.82) is 0 Å². The van der Waals surface area contributed by atoms with Gasteiger partial charge in [-0.3, -0.25) is 0 Å². The fourth-order valence-corrected chi connectivity index (χ4v) is 5.64. The first kappa shape index (κ1) is 14.4. The van der Waals surface area contributed by atoms with Crippen LogP contribution in [0.25, 0.3) is 0 Å². The predicted octanol–water partition coefficient (Wildman–Crippen LogP) is 1.79. The average Bonchev–Trinajstić information content (AvgIpc) is 2.77. The Labute approximate surface area is 116 Å². The number of thiazole rings is 1. The van der Waals surface area contributed by atoms with Crippen LogP contribution in [0.5, 0.6) is 0 Å². The first-order valence-electron chi connectivity index (χ1n) is 6.06. The van der Waals surface area contributed by atoms with Crippen LogP contribution in [0.1, 0.15) is 43.6 Å². The molecule has 2 atom stereocenters. The van der Waals surface area contributed by atoms with Gasteiger partial charge in [0, 0.05) is 12.1 Å². The Morgan fingerprint density at radius 2 is 2.00 bits per heavy atom. The zero-order valence-electron chi connectivity index (χ0n) is 10.7. The van der Waals surface area contributed by atoms with Crippen molar-refractivity contribution in [2.45, 2.75) is 49.4 Å². The largest absolute Gasteiger partial charge is 0.476 e. The van der Waals surface area contributed by atoms with Gasteiger partial charge in [0.1, 0.15) is 0 Å². The minimum absolute atomic E-state index is 0.113. The Kier molecular flexibility index (Phi) is 3.93. The smallest absolute Gasteiger partial charge is 0.356 e. The van der Waals surface area contributed by atoms with Crippen molar-refractivity contribution < 1.29 is 18.3 Å². The summed E-state index contributed by atoms with van der Waals surface area (Å²) in [5.41, 5.74) is 0.880. The SMILES string of the molecule is CC1CCCC(C)N1S(=O)(=O)c1scnc1C(=O)O. The molecule has 1 aliphatic heterocycles. The van der Waals surface area contributed by atoms with Gasteiger partial charge in [0.05, 0.1) is 5.51 Å². The van der Waals surface area contributed by atoms with Crippen molar-refractivity contribution in [2.24, 2.45) is 0 Å². The van der Waals surface area contributed by atoms with E-state index in [0.29, 0.717) is 0 Å². The fourth-order valence-electron chi connectivity index (χ4n) is 2.53. The maximum atomic E-state index is 12.6. The van der Waals surface area contributed by atoms with Crippen molar-refractivity contribution in [3.8, 4) is 0 Å². The minimum atomic E-state index is -3.78. The van der Waals surface area contributed by atoms with Crippen LogP contribution in [-0.2, 0) is 10.0 Å². The number of nitrogens with zero attached hydrogens (tertiary/aromatic N) is 2. The first-order valence-corrected chi connectivity index (χ1v) is 8.38. The summed E-state index contributed by atoms with van der Waals surface area (Å²) in [4.78, 5) is 14.7. The molecule has 0 aliphatic carbocycles. The van der Waals surface area contributed by atoms with Crippen LogP contribution < -0.4 is 0 Å². The lowest BCUT2D eigenvalue weighted by Crippen LogP contribution is -2.47. The molecule has 2 unspecified atom stereocenters. The molecule has 1 aromatic rings. The highest BCUT2D eigenvalue weighted by Crippen LogP contribution is 2.32. The van der Waals surface area contributed by atoms with Crippen LogP contribution in [0.15, 0.2) is 9.72 Å². The number of carboxylic acids is 1. The molecular formula is C11H16N2O4S2. The van der Waals surface area contributed by atoms with Gasteiger partial charge >= 0.3 is 5.97 Å². The fraction of sp³-hybridized carbons (Fsp3) is 0.636. The summed E-state index contributed by atoms with van der Waals surface area (Å²) in [5, 5.41) is 9.01. The summed E-state index contributed by atoms with van der Waals surface area (Å²) < 4.78 is 26.5. The van der Waals surface area contributed by atoms with E-state index in [1.165, 1.54) is 9.82 Å². The number of hydrogen-bond acceptors (Lipinski definition) is 5. The molecule has 2 rings (SSSR count). The van der Waals surface area contributed by atoms with Crippen molar-refractivity contribution in [2.75, 3.05) is 0 Å². The minimum Gasteiger partial charge on any atom is -0.476 e. The average molecular weight is 304 g/mol. The van der Waals surface area contributed by atoms with E-state index in [-0.39, 0.29) is 22.0 Å². The molecule has 0 saturated carbocycles. The first-order chi connectivity index (χ1) is 8.85. The Bertz CT molecular complexity index is 571. The van der Waals surface area contributed by atoms with Crippen LogP contribution in [0.2, 0.25) is 0 Å². The Balaban J connectivity index is 2.47. The molecule has 106 valence electrons. The van der Waals surface area contributed by atoms with Gasteiger partial charge in [0.2, 0.25) is 0 Å². The second kappa shape index (κ2) is 5.18. The third-order valence-corrected chi connectivity index (χ3v) is 6.84. The number of sulfonamides is 1. The summed E-state index contributed by atoms with van der Waals surface area (Å²) in [6, 6.07) is -0.227. The summed E-state index contributed by atoms with van der Waals surface area (Å²) in [7, 11) is -3.78. The molecule has 1 aliphatic rings. The van der Waals surface area contributed by atoms with E-state index >= 15 is 0 Å². The molecule has 0 aromatic carbocycles. The number of piperidine rings is 1. The standard InChI is InChI=1S/C11H16N2O4S2/c1-7-4-3-5-8(2)13(7)19(16,17)11-9(10(14)15)12-6-18-11/h6-8H,3-5H2,1-2H3,(H,14,15). The molecule has 1 N–H and O–H groups in total. The number of aromatic nitrogens is 1. The zero-order valence-corrected chi connectivity index (χ0v) is 12.4. The van der Waals surface area contributed by atoms with Gasteiger partial charge in [-0.05, 0) is 26.7 Å². The molecule has 8 heteroatoms. The van der Waals surface area contributed by atoms with E-state index in [9.17, 15) is 13.2 Å². The van der Waals surface area contributed by atoms with Gasteiger partial charge in [-0.15, -0.1) is 11.3 Å². The highest BCUT2D eigenvalue weighted by molar-refractivity contribution is 7.91. The third-order valence-electron chi connectivity index (χ3n) is 3.36. The molecule has 0 amide bonds. The van der Waals surface area contributed by atoms with E-state index in [0.717, 1.165) is 30.6 Å². The lowest BCUT2D eigenvalue weighted by Gasteiger charge is -2.37. The predicted molar refractivity (Wildman–Crippen MR) is 70.9 cm³/mol. The molecule has 1 fully saturated rings. The molecule has 1 aromatic heterocycles. The van der Waals surface area contributed by atoms with E-state index in [1.807, 2.05) is 13.8 Å². The summed E-state index contributed by atoms with van der Waals surface area (Å²) in [6.07, 6.45) is 2.58. The second-order valence-electron chi connectivity index (χ2n) is 4.76. The lowest BCUT2D eigenvalue weighted by atomic mass is 10.0. The van der Waals surface area contributed by atoms with Crippen molar-refractivity contribution in [1.82, 2.24) is 9.29 Å². The molecule has 6 nitrogen and oxygen atoms in total. The van der Waals surface area contributed by atoms with E-state index in [1.54, 1.807) is 0 Å². The molecule has 2 heterocycles. The van der Waals surface area contributed by atoms with Gasteiger partial charge in [0.25, 0.3) is 10.0 Å². The quantitative estimate of drug-likeness (QED) is 0.920. The molecule has 19 heavy (non-hydrogen) atoms. The highest BCUT2D eigenvalue weighted by Gasteiger charge is 2.39. The number of hydrogen-bond donors (Lipinski definition) is 1. The maximum Gasteiger partial charge on any atom is 0.356 e. The number of carboxylic acid groups (broad SMARTS) is 1. The van der Waals surface area contributed by atoms with Gasteiger partial charge in [-0.2, -0.15) is 4.31 Å². The summed E-state index contributed by atoms with van der Waals surface area (Å²) in [5.74, 6) is -1.31.